The zero-order valence-corrected chi connectivity index (χ0v) is 35.1. The quantitative estimate of drug-likeness (QED) is 0.170. The van der Waals surface area contributed by atoms with E-state index >= 15 is 4.39 Å². The Morgan fingerprint density at radius 1 is 1.00 bits per heavy atom. The van der Waals surface area contributed by atoms with Crippen LogP contribution in [-0.4, -0.2) is 125 Å². The van der Waals surface area contributed by atoms with Crippen molar-refractivity contribution in [2.75, 3.05) is 27.8 Å². The van der Waals surface area contributed by atoms with Crippen LogP contribution < -0.4 is 0 Å². The summed E-state index contributed by atoms with van der Waals surface area (Å²) in [6, 6.07) is 9.57. The Bertz CT molecular complexity index is 1650. The van der Waals surface area contributed by atoms with E-state index in [2.05, 4.69) is 4.98 Å². The second kappa shape index (κ2) is 18.8. The van der Waals surface area contributed by atoms with Gasteiger partial charge in [-0.15, -0.1) is 0 Å². The van der Waals surface area contributed by atoms with Crippen LogP contribution in [0.3, 0.4) is 0 Å². The fourth-order valence-corrected chi connectivity index (χ4v) is 8.74. The number of fused-ring (bicyclic) bond motifs is 1. The zero-order chi connectivity index (χ0) is 41.7. The van der Waals surface area contributed by atoms with Gasteiger partial charge in [-0.25, -0.2) is 9.18 Å². The van der Waals surface area contributed by atoms with Crippen LogP contribution in [0.1, 0.15) is 93.1 Å². The van der Waals surface area contributed by atoms with Gasteiger partial charge in [-0.3, -0.25) is 14.6 Å². The highest BCUT2D eigenvalue weighted by atomic mass is 19.1. The maximum absolute atomic E-state index is 16.7. The van der Waals surface area contributed by atoms with Crippen LogP contribution in [0.2, 0.25) is 0 Å². The summed E-state index contributed by atoms with van der Waals surface area (Å²) in [4.78, 5) is 48.6. The summed E-state index contributed by atoms with van der Waals surface area (Å²) < 4.78 is 47.3. The van der Waals surface area contributed by atoms with Crippen molar-refractivity contribution >= 4 is 28.4 Å². The Morgan fingerprint density at radius 3 is 2.32 bits per heavy atom. The van der Waals surface area contributed by atoms with Crippen LogP contribution in [0.15, 0.2) is 36.5 Å². The highest BCUT2D eigenvalue weighted by molar-refractivity contribution is 6.07. The molecular weight excluding hydrogens is 723 g/mol. The normalized spacial score (nSPS) is 38.1. The van der Waals surface area contributed by atoms with Gasteiger partial charge in [0.25, 0.3) is 5.67 Å². The van der Waals surface area contributed by atoms with E-state index in [1.165, 1.54) is 21.0 Å². The third-order valence-corrected chi connectivity index (χ3v) is 12.2. The molecule has 4 rings (SSSR count). The van der Waals surface area contributed by atoms with Gasteiger partial charge in [-0.1, -0.05) is 45.9 Å². The summed E-state index contributed by atoms with van der Waals surface area (Å²) in [5.74, 6) is -5.89. The molecule has 0 amide bonds. The Morgan fingerprint density at radius 2 is 1.68 bits per heavy atom. The number of likely N-dealkylation sites (N-methyl/N-ethyl adjacent to an activating group) is 1. The largest absolute Gasteiger partial charge is 0.457 e. The summed E-state index contributed by atoms with van der Waals surface area (Å²) in [5.41, 5.74) is -4.51. The number of pyridine rings is 1. The van der Waals surface area contributed by atoms with Gasteiger partial charge in [0.2, 0.25) is 0 Å². The molecule has 1 aromatic heterocycles. The number of hydrogen-bond donors (Lipinski definition) is 2. The minimum absolute atomic E-state index is 0.00381. The Labute approximate surface area is 331 Å². The van der Waals surface area contributed by atoms with Gasteiger partial charge >= 0.3 is 5.97 Å². The van der Waals surface area contributed by atoms with Gasteiger partial charge in [0, 0.05) is 49.1 Å². The SMILES string of the molecule is CC[C@H]1OC(=O)[C@@](C)(F)C(=O)[C@H](C)[C@@H](O[C@@H]2O[C@H](C)C[C@H](N(C)C)[C@H]2O)[C@@](C)(OC)C[C@@H](C)C(=O)[C@H](C)C(OCCCCc2ccnc3ccccc23)[C@]1(C)O. The van der Waals surface area contributed by atoms with E-state index in [-0.39, 0.29) is 37.4 Å². The van der Waals surface area contributed by atoms with E-state index in [0.717, 1.165) is 36.2 Å². The topological polar surface area (TPSA) is 154 Å². The molecule has 314 valence electrons. The van der Waals surface area contributed by atoms with Crippen LogP contribution in [0.4, 0.5) is 4.39 Å². The van der Waals surface area contributed by atoms with Crippen molar-refractivity contribution in [3.8, 4) is 0 Å². The fraction of sp³-hybridized carbons (Fsp3) is 0.721. The second-order valence-electron chi connectivity index (χ2n) is 16.9. The van der Waals surface area contributed by atoms with Gasteiger partial charge in [0.05, 0.1) is 29.4 Å². The van der Waals surface area contributed by atoms with Gasteiger partial charge in [0.15, 0.2) is 12.1 Å². The summed E-state index contributed by atoms with van der Waals surface area (Å²) in [5, 5.41) is 24.6. The molecule has 1 aromatic carbocycles. The van der Waals surface area contributed by atoms with Crippen molar-refractivity contribution in [1.82, 2.24) is 9.88 Å². The number of aliphatic hydroxyl groups is 2. The molecule has 0 saturated carbocycles. The number of methoxy groups -OCH3 is 1. The Balaban J connectivity index is 1.66. The molecule has 3 heterocycles. The molecule has 2 N–H and O–H groups in total. The lowest BCUT2D eigenvalue weighted by molar-refractivity contribution is -0.295. The molecule has 2 aromatic rings. The van der Waals surface area contributed by atoms with Crippen molar-refractivity contribution in [1.29, 1.82) is 0 Å². The fourth-order valence-electron chi connectivity index (χ4n) is 8.74. The number of halogens is 1. The highest BCUT2D eigenvalue weighted by Crippen LogP contribution is 2.40. The number of aryl methyl sites for hydroxylation is 1. The second-order valence-corrected chi connectivity index (χ2v) is 16.9. The summed E-state index contributed by atoms with van der Waals surface area (Å²) in [6.07, 6.45) is -2.07. The first-order chi connectivity index (χ1) is 26.2. The molecule has 0 bridgehead atoms. The number of esters is 1. The molecule has 13 atom stereocenters. The molecule has 1 unspecified atom stereocenters. The third kappa shape index (κ3) is 9.85. The number of cyclic esters (lactones) is 1. The Kier molecular flexibility index (Phi) is 15.4. The lowest BCUT2D eigenvalue weighted by Crippen LogP contribution is -2.61. The summed E-state index contributed by atoms with van der Waals surface area (Å²) in [6.45, 7) is 12.4. The molecular formula is C43H65FN2O10. The summed E-state index contributed by atoms with van der Waals surface area (Å²) >= 11 is 0. The lowest BCUT2D eigenvalue weighted by Gasteiger charge is -2.47. The number of ether oxygens (including phenoxy) is 5. The molecule has 56 heavy (non-hydrogen) atoms. The average Bonchev–Trinajstić information content (AvgIpc) is 3.16. The van der Waals surface area contributed by atoms with E-state index in [9.17, 15) is 24.6 Å². The molecule has 0 aliphatic carbocycles. The van der Waals surface area contributed by atoms with Crippen molar-refractivity contribution in [2.24, 2.45) is 17.8 Å². The van der Waals surface area contributed by atoms with Gasteiger partial charge in [0.1, 0.15) is 23.6 Å². The number of hydrogen-bond acceptors (Lipinski definition) is 12. The molecule has 2 aliphatic rings. The maximum atomic E-state index is 16.7. The number of unbranched alkanes of at least 4 members (excludes halogenated alkanes) is 1. The Hall–Kier alpha value is -2.91. The van der Waals surface area contributed by atoms with Gasteiger partial charge < -0.3 is 38.8 Å². The number of nitrogens with zero attached hydrogens (tertiary/aromatic N) is 2. The smallest absolute Gasteiger partial charge is 0.351 e. The molecule has 2 saturated heterocycles. The number of aromatic nitrogens is 1. The predicted molar refractivity (Wildman–Crippen MR) is 210 cm³/mol. The minimum atomic E-state index is -3.17. The van der Waals surface area contributed by atoms with Crippen LogP contribution in [0.5, 0.6) is 0 Å². The third-order valence-electron chi connectivity index (χ3n) is 12.2. The number of benzene rings is 1. The standard InChI is InChI=1S/C43H65FN2O10/c1-12-33-43(8,51)38(53-22-16-15-17-29-20-21-45-31-19-14-13-18-30(29)31)27(4)34(47)25(2)24-41(6,52-11)37(28(5)36(49)42(7,44)40(50)55-33)56-39-35(48)32(46(9)10)23-26(3)54-39/h13-14,18-21,25-28,32-33,35,37-39,48,51H,12,15-17,22-24H2,1-11H3/t25-,26-,27+,28+,32+,33-,35-,37-,38?,39+,41+,42+,43-/m1/s1. The minimum Gasteiger partial charge on any atom is -0.457 e. The highest BCUT2D eigenvalue weighted by Gasteiger charge is 2.56. The first-order valence-electron chi connectivity index (χ1n) is 20.1. The maximum Gasteiger partial charge on any atom is 0.351 e. The van der Waals surface area contributed by atoms with Crippen molar-refractivity contribution in [2.45, 2.75) is 154 Å². The lowest BCUT2D eigenvalue weighted by atomic mass is 9.74. The number of Topliss-reactive ketones (excluding diaryl/α,β-unsaturated/α-hetero) is 2. The molecule has 13 heteroatoms. The number of para-hydroxylation sites is 1. The van der Waals surface area contributed by atoms with E-state index in [4.69, 9.17) is 23.7 Å². The van der Waals surface area contributed by atoms with Crippen LogP contribution in [0.25, 0.3) is 10.9 Å². The average molecular weight is 789 g/mol. The molecule has 2 fully saturated rings. The number of aliphatic hydroxyl groups excluding tert-OH is 1. The molecule has 0 spiro atoms. The first kappa shape index (κ1) is 45.8. The molecule has 2 aliphatic heterocycles. The number of alkyl halides is 1. The van der Waals surface area contributed by atoms with Crippen LogP contribution >= 0.6 is 0 Å². The predicted octanol–water partition coefficient (Wildman–Crippen LogP) is 5.41. The zero-order valence-electron chi connectivity index (χ0n) is 35.1. The number of carbonyl (C=O) groups is 3. The number of ketones is 2. The van der Waals surface area contributed by atoms with E-state index in [1.54, 1.807) is 33.9 Å². The van der Waals surface area contributed by atoms with Crippen molar-refractivity contribution in [3.63, 3.8) is 0 Å². The van der Waals surface area contributed by atoms with E-state index < -0.39 is 77.1 Å². The first-order valence-corrected chi connectivity index (χ1v) is 20.1. The number of carbonyl (C=O) groups excluding carboxylic acids is 3. The van der Waals surface area contributed by atoms with Gasteiger partial charge in [-0.2, -0.15) is 0 Å². The van der Waals surface area contributed by atoms with E-state index in [0.29, 0.717) is 12.8 Å². The van der Waals surface area contributed by atoms with Crippen molar-refractivity contribution in [3.05, 3.63) is 42.1 Å². The number of rotatable bonds is 11. The van der Waals surface area contributed by atoms with Crippen LogP contribution in [0, 0.1) is 17.8 Å². The van der Waals surface area contributed by atoms with Crippen molar-refractivity contribution < 1.29 is 52.7 Å². The summed E-state index contributed by atoms with van der Waals surface area (Å²) in [7, 11) is 5.06. The monoisotopic (exact) mass is 788 g/mol. The molecule has 12 nitrogen and oxygen atoms in total. The van der Waals surface area contributed by atoms with Gasteiger partial charge in [-0.05, 0) is 98.0 Å². The van der Waals surface area contributed by atoms with E-state index in [1.807, 2.05) is 56.3 Å². The van der Waals surface area contributed by atoms with Crippen LogP contribution in [-0.2, 0) is 44.5 Å². The molecule has 0 radical (unpaired) electrons.